The van der Waals surface area contributed by atoms with Gasteiger partial charge < -0.3 is 15.4 Å². The minimum Gasteiger partial charge on any atom is -0.465 e. The van der Waals surface area contributed by atoms with Gasteiger partial charge in [-0.1, -0.05) is 0 Å². The lowest BCUT2D eigenvalue weighted by Crippen LogP contribution is -2.29. The van der Waals surface area contributed by atoms with E-state index in [1.54, 1.807) is 19.1 Å². The standard InChI is InChI=1S/C13H17N3O2/c1-2-18-13(17)10-15-7-8-16-12-5-3-11(9-14)4-6-12/h3-6,15-16H,2,7-8,10H2,1H3. The lowest BCUT2D eigenvalue weighted by Gasteiger charge is -2.07. The SMILES string of the molecule is CCOC(=O)CNCCNc1ccc(C#N)cc1. The van der Waals surface area contributed by atoms with Crippen LogP contribution in [-0.2, 0) is 9.53 Å². The van der Waals surface area contributed by atoms with Gasteiger partial charge in [-0.2, -0.15) is 5.26 Å². The predicted octanol–water partition coefficient (Wildman–Crippen LogP) is 1.12. The fourth-order valence-corrected chi connectivity index (χ4v) is 1.36. The van der Waals surface area contributed by atoms with E-state index in [9.17, 15) is 4.79 Å². The molecule has 0 radical (unpaired) electrons. The molecule has 0 spiro atoms. The molecule has 1 aromatic rings. The normalized spacial score (nSPS) is 9.56. The summed E-state index contributed by atoms with van der Waals surface area (Å²) in [5, 5.41) is 14.8. The molecule has 0 aromatic heterocycles. The monoisotopic (exact) mass is 247 g/mol. The Morgan fingerprint density at radius 1 is 1.33 bits per heavy atom. The number of hydrogen-bond donors (Lipinski definition) is 2. The van der Waals surface area contributed by atoms with Crippen LogP contribution in [0.5, 0.6) is 0 Å². The molecule has 0 aliphatic carbocycles. The molecule has 0 aliphatic rings. The van der Waals surface area contributed by atoms with E-state index >= 15 is 0 Å². The average Bonchev–Trinajstić information content (AvgIpc) is 2.39. The highest BCUT2D eigenvalue weighted by Gasteiger charge is 1.99. The Kier molecular flexibility index (Phi) is 6.30. The molecule has 1 aromatic carbocycles. The number of rotatable bonds is 7. The van der Waals surface area contributed by atoms with Crippen LogP contribution in [0.15, 0.2) is 24.3 Å². The fourth-order valence-electron chi connectivity index (χ4n) is 1.36. The molecule has 0 bridgehead atoms. The number of ether oxygens (including phenoxy) is 1. The van der Waals surface area contributed by atoms with Crippen molar-refractivity contribution in [2.45, 2.75) is 6.92 Å². The lowest BCUT2D eigenvalue weighted by atomic mass is 10.2. The van der Waals surface area contributed by atoms with Crippen LogP contribution >= 0.6 is 0 Å². The van der Waals surface area contributed by atoms with Gasteiger partial charge in [0.15, 0.2) is 0 Å². The summed E-state index contributed by atoms with van der Waals surface area (Å²) in [7, 11) is 0. The number of nitrogens with zero attached hydrogens (tertiary/aromatic N) is 1. The zero-order chi connectivity index (χ0) is 13.2. The van der Waals surface area contributed by atoms with Crippen LogP contribution in [0.25, 0.3) is 0 Å². The highest BCUT2D eigenvalue weighted by molar-refractivity contribution is 5.71. The van der Waals surface area contributed by atoms with Crippen LogP contribution in [-0.4, -0.2) is 32.2 Å². The van der Waals surface area contributed by atoms with Crippen molar-refractivity contribution in [3.8, 4) is 6.07 Å². The molecule has 0 saturated carbocycles. The first kappa shape index (κ1) is 14.0. The quantitative estimate of drug-likeness (QED) is 0.558. The van der Waals surface area contributed by atoms with Crippen LogP contribution in [0.4, 0.5) is 5.69 Å². The number of anilines is 1. The molecule has 0 fully saturated rings. The Labute approximate surface area is 107 Å². The third-order valence-corrected chi connectivity index (χ3v) is 2.22. The molecule has 96 valence electrons. The van der Waals surface area contributed by atoms with Gasteiger partial charge in [-0.3, -0.25) is 4.79 Å². The summed E-state index contributed by atoms with van der Waals surface area (Å²) in [6.45, 7) is 3.78. The Hall–Kier alpha value is -2.06. The number of hydrogen-bond acceptors (Lipinski definition) is 5. The van der Waals surface area contributed by atoms with E-state index in [-0.39, 0.29) is 12.5 Å². The molecule has 2 N–H and O–H groups in total. The maximum atomic E-state index is 11.0. The molecule has 0 amide bonds. The van der Waals surface area contributed by atoms with Crippen molar-refractivity contribution < 1.29 is 9.53 Å². The van der Waals surface area contributed by atoms with Crippen LogP contribution in [0, 0.1) is 11.3 Å². The number of benzene rings is 1. The zero-order valence-electron chi connectivity index (χ0n) is 10.4. The highest BCUT2D eigenvalue weighted by Crippen LogP contribution is 2.07. The van der Waals surface area contributed by atoms with E-state index < -0.39 is 0 Å². The minimum atomic E-state index is -0.240. The Morgan fingerprint density at radius 3 is 2.67 bits per heavy atom. The smallest absolute Gasteiger partial charge is 0.319 e. The van der Waals surface area contributed by atoms with E-state index in [4.69, 9.17) is 10.00 Å². The topological polar surface area (TPSA) is 74.2 Å². The summed E-state index contributed by atoms with van der Waals surface area (Å²) in [6.07, 6.45) is 0. The fraction of sp³-hybridized carbons (Fsp3) is 0.385. The van der Waals surface area contributed by atoms with Crippen molar-refractivity contribution in [2.75, 3.05) is 31.6 Å². The van der Waals surface area contributed by atoms with Gasteiger partial charge in [-0.15, -0.1) is 0 Å². The summed E-state index contributed by atoms with van der Waals surface area (Å²) in [5.74, 6) is -0.240. The van der Waals surface area contributed by atoms with Gasteiger partial charge in [-0.05, 0) is 31.2 Å². The van der Waals surface area contributed by atoms with Crippen molar-refractivity contribution >= 4 is 11.7 Å². The third kappa shape index (κ3) is 5.32. The maximum absolute atomic E-state index is 11.0. The summed E-state index contributed by atoms with van der Waals surface area (Å²) in [5.41, 5.74) is 1.59. The van der Waals surface area contributed by atoms with Crippen LogP contribution in [0.1, 0.15) is 12.5 Å². The van der Waals surface area contributed by atoms with Crippen molar-refractivity contribution in [2.24, 2.45) is 0 Å². The van der Waals surface area contributed by atoms with Gasteiger partial charge in [0.1, 0.15) is 0 Å². The molecule has 5 heteroatoms. The van der Waals surface area contributed by atoms with Crippen LogP contribution in [0.3, 0.4) is 0 Å². The van der Waals surface area contributed by atoms with Crippen LogP contribution in [0.2, 0.25) is 0 Å². The molecule has 0 aliphatic heterocycles. The molecule has 18 heavy (non-hydrogen) atoms. The average molecular weight is 247 g/mol. The van der Waals surface area contributed by atoms with Crippen molar-refractivity contribution in [3.63, 3.8) is 0 Å². The maximum Gasteiger partial charge on any atom is 0.319 e. The Balaban J connectivity index is 2.14. The van der Waals surface area contributed by atoms with Gasteiger partial charge >= 0.3 is 5.97 Å². The minimum absolute atomic E-state index is 0.225. The molecule has 5 nitrogen and oxygen atoms in total. The zero-order valence-corrected chi connectivity index (χ0v) is 10.4. The van der Waals surface area contributed by atoms with E-state index in [1.165, 1.54) is 0 Å². The molecule has 0 saturated heterocycles. The second-order valence-corrected chi connectivity index (χ2v) is 3.60. The second kappa shape index (κ2) is 8.09. The van der Waals surface area contributed by atoms with E-state index in [0.29, 0.717) is 25.3 Å². The van der Waals surface area contributed by atoms with Crippen molar-refractivity contribution in [3.05, 3.63) is 29.8 Å². The number of carbonyl (C=O) groups is 1. The molecular formula is C13H17N3O2. The number of nitrogens with one attached hydrogen (secondary N) is 2. The van der Waals surface area contributed by atoms with Gasteiger partial charge in [0.2, 0.25) is 0 Å². The first-order valence-electron chi connectivity index (χ1n) is 5.86. The van der Waals surface area contributed by atoms with Gasteiger partial charge in [-0.25, -0.2) is 0 Å². The van der Waals surface area contributed by atoms with E-state index in [0.717, 1.165) is 5.69 Å². The largest absolute Gasteiger partial charge is 0.465 e. The third-order valence-electron chi connectivity index (χ3n) is 2.22. The van der Waals surface area contributed by atoms with Crippen molar-refractivity contribution in [1.82, 2.24) is 5.32 Å². The lowest BCUT2D eigenvalue weighted by molar-refractivity contribution is -0.141. The van der Waals surface area contributed by atoms with E-state index in [2.05, 4.69) is 16.7 Å². The van der Waals surface area contributed by atoms with Crippen molar-refractivity contribution in [1.29, 1.82) is 5.26 Å². The summed E-state index contributed by atoms with van der Waals surface area (Å²) in [4.78, 5) is 11.0. The van der Waals surface area contributed by atoms with E-state index in [1.807, 2.05) is 12.1 Å². The number of carbonyl (C=O) groups excluding carboxylic acids is 1. The van der Waals surface area contributed by atoms with Gasteiger partial charge in [0.05, 0.1) is 24.8 Å². The number of nitriles is 1. The number of esters is 1. The predicted molar refractivity (Wildman–Crippen MR) is 69.1 cm³/mol. The molecule has 1 rings (SSSR count). The van der Waals surface area contributed by atoms with Crippen LogP contribution < -0.4 is 10.6 Å². The first-order chi connectivity index (χ1) is 8.76. The molecule has 0 atom stereocenters. The van der Waals surface area contributed by atoms with Gasteiger partial charge in [0.25, 0.3) is 0 Å². The summed E-state index contributed by atoms with van der Waals surface area (Å²) >= 11 is 0. The summed E-state index contributed by atoms with van der Waals surface area (Å²) < 4.78 is 4.78. The Morgan fingerprint density at radius 2 is 2.06 bits per heavy atom. The van der Waals surface area contributed by atoms with Gasteiger partial charge in [0, 0.05) is 18.8 Å². The second-order valence-electron chi connectivity index (χ2n) is 3.60. The molecule has 0 heterocycles. The molecular weight excluding hydrogens is 230 g/mol. The highest BCUT2D eigenvalue weighted by atomic mass is 16.5. The summed E-state index contributed by atoms with van der Waals surface area (Å²) in [6, 6.07) is 9.28. The molecule has 0 unspecified atom stereocenters. The Bertz CT molecular complexity index is 409. The first-order valence-corrected chi connectivity index (χ1v) is 5.86.